The highest BCUT2D eigenvalue weighted by atomic mass is 15.2. The van der Waals surface area contributed by atoms with Gasteiger partial charge in [-0.15, -0.1) is 0 Å². The van der Waals surface area contributed by atoms with Crippen molar-refractivity contribution in [3.05, 3.63) is 255 Å². The number of aromatic nitrogens is 2. The SMILES string of the molecule is c1ccc(-c2ccc(N(c3ccccc3)c3cccc(-n4c5ccc(N(c6ccccc6)c6ccccc6)cc5c5c4ccc4c6ccccc6n(-c6ccccc6)c45)c3)cc2)cc1. The van der Waals surface area contributed by atoms with Crippen molar-refractivity contribution in [3.8, 4) is 22.5 Å². The van der Waals surface area contributed by atoms with Crippen LogP contribution in [0, 0.1) is 0 Å². The molecular formula is C60H42N4. The van der Waals surface area contributed by atoms with Crippen LogP contribution < -0.4 is 9.80 Å². The lowest BCUT2D eigenvalue weighted by molar-refractivity contribution is 1.16. The number of hydrogen-bond acceptors (Lipinski definition) is 2. The summed E-state index contributed by atoms with van der Waals surface area (Å²) in [6.45, 7) is 0. The van der Waals surface area contributed by atoms with Gasteiger partial charge in [0.15, 0.2) is 0 Å². The third kappa shape index (κ3) is 6.31. The van der Waals surface area contributed by atoms with E-state index in [0.29, 0.717) is 0 Å². The van der Waals surface area contributed by atoms with E-state index in [-0.39, 0.29) is 0 Å². The first kappa shape index (κ1) is 37.2. The number of anilines is 6. The van der Waals surface area contributed by atoms with E-state index in [2.05, 4.69) is 274 Å². The molecule has 4 heteroatoms. The van der Waals surface area contributed by atoms with Crippen molar-refractivity contribution in [1.29, 1.82) is 0 Å². The van der Waals surface area contributed by atoms with Gasteiger partial charge >= 0.3 is 0 Å². The van der Waals surface area contributed by atoms with Gasteiger partial charge in [-0.2, -0.15) is 0 Å². The van der Waals surface area contributed by atoms with Crippen molar-refractivity contribution in [2.45, 2.75) is 0 Å². The summed E-state index contributed by atoms with van der Waals surface area (Å²) in [7, 11) is 0. The molecule has 2 aromatic heterocycles. The first-order chi connectivity index (χ1) is 31.8. The van der Waals surface area contributed by atoms with Crippen LogP contribution in [-0.2, 0) is 0 Å². The van der Waals surface area contributed by atoms with E-state index < -0.39 is 0 Å². The van der Waals surface area contributed by atoms with Crippen LogP contribution in [0.4, 0.5) is 34.1 Å². The zero-order chi connectivity index (χ0) is 42.4. The molecule has 0 saturated carbocycles. The highest BCUT2D eigenvalue weighted by Crippen LogP contribution is 2.45. The zero-order valence-electron chi connectivity index (χ0n) is 35.0. The van der Waals surface area contributed by atoms with Crippen LogP contribution in [0.15, 0.2) is 255 Å². The van der Waals surface area contributed by atoms with Crippen molar-refractivity contribution in [2.75, 3.05) is 9.80 Å². The summed E-state index contributed by atoms with van der Waals surface area (Å²) in [6.07, 6.45) is 0. The van der Waals surface area contributed by atoms with E-state index in [9.17, 15) is 0 Å². The fourth-order valence-corrected chi connectivity index (χ4v) is 9.64. The zero-order valence-corrected chi connectivity index (χ0v) is 35.0. The molecule has 0 amide bonds. The normalized spacial score (nSPS) is 11.4. The third-order valence-electron chi connectivity index (χ3n) is 12.4. The summed E-state index contributed by atoms with van der Waals surface area (Å²) < 4.78 is 4.92. The van der Waals surface area contributed by atoms with Crippen LogP contribution >= 0.6 is 0 Å². The predicted octanol–water partition coefficient (Wildman–Crippen LogP) is 16.5. The lowest BCUT2D eigenvalue weighted by atomic mass is 10.0. The second-order valence-corrected chi connectivity index (χ2v) is 16.2. The topological polar surface area (TPSA) is 16.3 Å². The molecule has 0 bridgehead atoms. The van der Waals surface area contributed by atoms with E-state index in [1.54, 1.807) is 0 Å². The van der Waals surface area contributed by atoms with E-state index in [1.165, 1.54) is 43.7 Å². The quantitative estimate of drug-likeness (QED) is 0.144. The second-order valence-electron chi connectivity index (χ2n) is 16.2. The largest absolute Gasteiger partial charge is 0.310 e. The number of nitrogens with zero attached hydrogens (tertiary/aromatic N) is 4. The van der Waals surface area contributed by atoms with Crippen molar-refractivity contribution in [3.63, 3.8) is 0 Å². The van der Waals surface area contributed by atoms with E-state index in [4.69, 9.17) is 0 Å². The molecule has 0 fully saturated rings. The number of benzene rings is 10. The van der Waals surface area contributed by atoms with Gasteiger partial charge in [-0.05, 0) is 120 Å². The lowest BCUT2D eigenvalue weighted by Gasteiger charge is -2.26. The van der Waals surface area contributed by atoms with Crippen LogP contribution in [0.3, 0.4) is 0 Å². The predicted molar refractivity (Wildman–Crippen MR) is 270 cm³/mol. The third-order valence-corrected chi connectivity index (χ3v) is 12.4. The van der Waals surface area contributed by atoms with Gasteiger partial charge in [-0.1, -0.05) is 146 Å². The summed E-state index contributed by atoms with van der Waals surface area (Å²) in [5.74, 6) is 0. The Morgan fingerprint density at radius 3 is 1.34 bits per heavy atom. The summed E-state index contributed by atoms with van der Waals surface area (Å²) >= 11 is 0. The maximum absolute atomic E-state index is 2.46. The molecule has 0 unspecified atom stereocenters. The van der Waals surface area contributed by atoms with E-state index >= 15 is 0 Å². The molecule has 0 atom stereocenters. The molecule has 0 N–H and O–H groups in total. The molecule has 0 saturated heterocycles. The van der Waals surface area contributed by atoms with Crippen molar-refractivity contribution >= 4 is 77.7 Å². The van der Waals surface area contributed by atoms with Gasteiger partial charge in [0.25, 0.3) is 0 Å². The molecule has 0 aliphatic rings. The van der Waals surface area contributed by atoms with Gasteiger partial charge in [-0.3, -0.25) is 0 Å². The number of hydrogen-bond donors (Lipinski definition) is 0. The molecular weight excluding hydrogens is 777 g/mol. The van der Waals surface area contributed by atoms with Gasteiger partial charge < -0.3 is 18.9 Å². The Morgan fingerprint density at radius 2 is 0.703 bits per heavy atom. The maximum atomic E-state index is 2.46. The molecule has 12 aromatic rings. The lowest BCUT2D eigenvalue weighted by Crippen LogP contribution is -2.10. The number of rotatable bonds is 9. The van der Waals surface area contributed by atoms with Crippen molar-refractivity contribution < 1.29 is 0 Å². The van der Waals surface area contributed by atoms with Crippen LogP contribution in [0.2, 0.25) is 0 Å². The Bertz CT molecular complexity index is 3540. The smallest absolute Gasteiger partial charge is 0.0641 e. The molecule has 12 rings (SSSR count). The van der Waals surface area contributed by atoms with Crippen molar-refractivity contribution in [2.24, 2.45) is 0 Å². The molecule has 0 aliphatic carbocycles. The Morgan fingerprint density at radius 1 is 0.250 bits per heavy atom. The molecule has 64 heavy (non-hydrogen) atoms. The Balaban J connectivity index is 1.12. The molecule has 0 spiro atoms. The molecule has 302 valence electrons. The van der Waals surface area contributed by atoms with Crippen LogP contribution in [0.5, 0.6) is 0 Å². The average molecular weight is 819 g/mol. The monoisotopic (exact) mass is 818 g/mol. The minimum absolute atomic E-state index is 1.07. The summed E-state index contributed by atoms with van der Waals surface area (Å²) in [6, 6.07) is 91.7. The van der Waals surface area contributed by atoms with Gasteiger partial charge in [0, 0.05) is 67.0 Å². The minimum atomic E-state index is 1.07. The highest BCUT2D eigenvalue weighted by molar-refractivity contribution is 6.26. The fourth-order valence-electron chi connectivity index (χ4n) is 9.64. The van der Waals surface area contributed by atoms with E-state index in [1.807, 2.05) is 0 Å². The second kappa shape index (κ2) is 15.7. The summed E-state index contributed by atoms with van der Waals surface area (Å²) in [5.41, 5.74) is 15.8. The van der Waals surface area contributed by atoms with Gasteiger partial charge in [0.05, 0.1) is 22.1 Å². The van der Waals surface area contributed by atoms with Crippen LogP contribution in [0.1, 0.15) is 0 Å². The fraction of sp³-hybridized carbons (Fsp3) is 0. The van der Waals surface area contributed by atoms with Crippen LogP contribution in [0.25, 0.3) is 66.1 Å². The van der Waals surface area contributed by atoms with E-state index in [0.717, 1.165) is 56.5 Å². The standard InChI is InChI=1S/C60H42N4/c1-6-19-43(20-7-1)44-33-35-49(36-34-44)62(47-25-12-4-13-26-47)50-29-18-30-51(41-50)63-57-39-37-52(61(45-21-8-2-9-22-45)46-23-10-3-11-24-46)42-55(57)59-58(63)40-38-54-53-31-16-17-32-56(53)64(60(54)59)48-27-14-5-15-28-48/h1-42H. The average Bonchev–Trinajstić information content (AvgIpc) is 3.89. The first-order valence-electron chi connectivity index (χ1n) is 21.9. The van der Waals surface area contributed by atoms with Gasteiger partial charge in [0.2, 0.25) is 0 Å². The molecule has 10 aromatic carbocycles. The maximum Gasteiger partial charge on any atom is 0.0641 e. The van der Waals surface area contributed by atoms with Gasteiger partial charge in [0.1, 0.15) is 0 Å². The Hall–Kier alpha value is -8.60. The molecule has 4 nitrogen and oxygen atoms in total. The summed E-state index contributed by atoms with van der Waals surface area (Å²) in [4.78, 5) is 4.71. The molecule has 2 heterocycles. The minimum Gasteiger partial charge on any atom is -0.310 e. The number of fused-ring (bicyclic) bond motifs is 7. The number of para-hydroxylation sites is 5. The van der Waals surface area contributed by atoms with Crippen LogP contribution in [-0.4, -0.2) is 9.13 Å². The van der Waals surface area contributed by atoms with Crippen molar-refractivity contribution in [1.82, 2.24) is 9.13 Å². The summed E-state index contributed by atoms with van der Waals surface area (Å²) in [5, 5.41) is 4.84. The Labute approximate surface area is 372 Å². The molecule has 0 radical (unpaired) electrons. The van der Waals surface area contributed by atoms with Gasteiger partial charge in [-0.25, -0.2) is 0 Å². The molecule has 0 aliphatic heterocycles. The first-order valence-corrected chi connectivity index (χ1v) is 21.9. The Kier molecular flexibility index (Phi) is 9.12. The highest BCUT2D eigenvalue weighted by Gasteiger charge is 2.23.